The van der Waals surface area contributed by atoms with Crippen LogP contribution in [-0.2, 0) is 4.79 Å². The molecule has 0 spiro atoms. The first-order valence-electron chi connectivity index (χ1n) is 6.52. The number of rotatable bonds is 6. The zero-order chi connectivity index (χ0) is 12.2. The number of carbonyl (C=O) groups excluding carboxylic acids is 1. The third kappa shape index (κ3) is 3.48. The summed E-state index contributed by atoms with van der Waals surface area (Å²) in [7, 11) is 0. The average Bonchev–Trinajstić information content (AvgIpc) is 2.15. The molecule has 0 aromatic heterocycles. The Morgan fingerprint density at radius 3 is 2.44 bits per heavy atom. The van der Waals surface area contributed by atoms with E-state index in [1.165, 1.54) is 19.3 Å². The molecule has 0 saturated heterocycles. The molecule has 3 N–H and O–H groups in total. The van der Waals surface area contributed by atoms with Gasteiger partial charge in [-0.3, -0.25) is 4.79 Å². The highest BCUT2D eigenvalue weighted by molar-refractivity contribution is 5.81. The SMILES string of the molecule is CCC1(CNC(=O)[C@@H](N)CC(C)C)CCC1. The Morgan fingerprint density at radius 1 is 1.44 bits per heavy atom. The predicted molar refractivity (Wildman–Crippen MR) is 67.0 cm³/mol. The van der Waals surface area contributed by atoms with Gasteiger partial charge in [-0.15, -0.1) is 0 Å². The minimum atomic E-state index is -0.339. The Bertz CT molecular complexity index is 229. The van der Waals surface area contributed by atoms with E-state index in [4.69, 9.17) is 5.73 Å². The molecular formula is C13H26N2O. The Kier molecular flexibility index (Phi) is 4.78. The molecule has 0 unspecified atom stereocenters. The van der Waals surface area contributed by atoms with E-state index in [9.17, 15) is 4.79 Å². The lowest BCUT2D eigenvalue weighted by atomic mass is 9.67. The van der Waals surface area contributed by atoms with Gasteiger partial charge in [0.05, 0.1) is 6.04 Å². The smallest absolute Gasteiger partial charge is 0.236 e. The van der Waals surface area contributed by atoms with Crippen LogP contribution in [0.3, 0.4) is 0 Å². The Labute approximate surface area is 99.2 Å². The van der Waals surface area contributed by atoms with Gasteiger partial charge in [0, 0.05) is 6.54 Å². The first-order chi connectivity index (χ1) is 7.49. The number of amides is 1. The average molecular weight is 226 g/mol. The number of hydrogen-bond acceptors (Lipinski definition) is 2. The fourth-order valence-electron chi connectivity index (χ4n) is 2.35. The highest BCUT2D eigenvalue weighted by Crippen LogP contribution is 2.42. The molecule has 1 rings (SSSR count). The normalized spacial score (nSPS) is 20.3. The van der Waals surface area contributed by atoms with Crippen molar-refractivity contribution in [2.24, 2.45) is 17.1 Å². The van der Waals surface area contributed by atoms with Crippen molar-refractivity contribution < 1.29 is 4.79 Å². The molecule has 3 heteroatoms. The summed E-state index contributed by atoms with van der Waals surface area (Å²) in [5, 5.41) is 3.02. The van der Waals surface area contributed by atoms with Crippen LogP contribution >= 0.6 is 0 Å². The molecule has 16 heavy (non-hydrogen) atoms. The largest absolute Gasteiger partial charge is 0.354 e. The Morgan fingerprint density at radius 2 is 2.06 bits per heavy atom. The van der Waals surface area contributed by atoms with Gasteiger partial charge in [0.2, 0.25) is 5.91 Å². The molecule has 94 valence electrons. The summed E-state index contributed by atoms with van der Waals surface area (Å²) >= 11 is 0. The molecule has 0 aromatic rings. The minimum absolute atomic E-state index is 0.0217. The van der Waals surface area contributed by atoms with E-state index in [0.717, 1.165) is 19.4 Å². The summed E-state index contributed by atoms with van der Waals surface area (Å²) in [6.07, 6.45) is 5.74. The van der Waals surface area contributed by atoms with Crippen molar-refractivity contribution >= 4 is 5.91 Å². The molecule has 0 aromatic carbocycles. The van der Waals surface area contributed by atoms with Crippen molar-refractivity contribution in [2.75, 3.05) is 6.54 Å². The molecule has 1 saturated carbocycles. The third-order valence-corrected chi connectivity index (χ3v) is 3.86. The van der Waals surface area contributed by atoms with Crippen LogP contribution in [-0.4, -0.2) is 18.5 Å². The topological polar surface area (TPSA) is 55.1 Å². The monoisotopic (exact) mass is 226 g/mol. The van der Waals surface area contributed by atoms with Gasteiger partial charge in [-0.05, 0) is 37.0 Å². The van der Waals surface area contributed by atoms with Crippen LogP contribution < -0.4 is 11.1 Å². The number of nitrogens with one attached hydrogen (secondary N) is 1. The molecular weight excluding hydrogens is 200 g/mol. The van der Waals surface area contributed by atoms with Crippen molar-refractivity contribution in [3.8, 4) is 0 Å². The molecule has 0 heterocycles. The second-order valence-corrected chi connectivity index (χ2v) is 5.66. The van der Waals surface area contributed by atoms with Gasteiger partial charge >= 0.3 is 0 Å². The van der Waals surface area contributed by atoms with Crippen molar-refractivity contribution in [1.29, 1.82) is 0 Å². The molecule has 1 atom stereocenters. The standard InChI is InChI=1S/C13H26N2O/c1-4-13(6-5-7-13)9-15-12(16)11(14)8-10(2)3/h10-11H,4-9,14H2,1-3H3,(H,15,16)/t11-/m0/s1. The lowest BCUT2D eigenvalue weighted by Gasteiger charge is -2.41. The van der Waals surface area contributed by atoms with Crippen LogP contribution in [0.2, 0.25) is 0 Å². The van der Waals surface area contributed by atoms with E-state index in [1.807, 2.05) is 0 Å². The molecule has 3 nitrogen and oxygen atoms in total. The Hall–Kier alpha value is -0.570. The number of carbonyl (C=O) groups is 1. The molecule has 0 aliphatic heterocycles. The molecule has 1 aliphatic carbocycles. The van der Waals surface area contributed by atoms with E-state index in [1.54, 1.807) is 0 Å². The zero-order valence-corrected chi connectivity index (χ0v) is 10.9. The van der Waals surface area contributed by atoms with Crippen molar-refractivity contribution in [3.05, 3.63) is 0 Å². The van der Waals surface area contributed by atoms with Gasteiger partial charge in [0.25, 0.3) is 0 Å². The van der Waals surface area contributed by atoms with Gasteiger partial charge in [-0.1, -0.05) is 27.2 Å². The second kappa shape index (κ2) is 5.67. The van der Waals surface area contributed by atoms with E-state index in [-0.39, 0.29) is 11.9 Å². The summed E-state index contributed by atoms with van der Waals surface area (Å²) < 4.78 is 0. The first kappa shape index (κ1) is 13.5. The molecule has 1 aliphatic rings. The van der Waals surface area contributed by atoms with Gasteiger partial charge in [0.1, 0.15) is 0 Å². The van der Waals surface area contributed by atoms with Crippen LogP contribution in [0, 0.1) is 11.3 Å². The highest BCUT2D eigenvalue weighted by atomic mass is 16.2. The summed E-state index contributed by atoms with van der Waals surface area (Å²) in [5.74, 6) is 0.498. The minimum Gasteiger partial charge on any atom is -0.354 e. The predicted octanol–water partition coefficient (Wildman–Crippen LogP) is 2.06. The fraction of sp³-hybridized carbons (Fsp3) is 0.923. The summed E-state index contributed by atoms with van der Waals surface area (Å²) in [6, 6.07) is -0.339. The maximum Gasteiger partial charge on any atom is 0.236 e. The maximum atomic E-state index is 11.7. The van der Waals surface area contributed by atoms with E-state index in [2.05, 4.69) is 26.1 Å². The molecule has 1 amide bonds. The molecule has 0 radical (unpaired) electrons. The van der Waals surface area contributed by atoms with E-state index < -0.39 is 0 Å². The van der Waals surface area contributed by atoms with Crippen LogP contribution in [0.5, 0.6) is 0 Å². The van der Waals surface area contributed by atoms with Crippen LogP contribution in [0.4, 0.5) is 0 Å². The molecule has 0 bridgehead atoms. The van der Waals surface area contributed by atoms with Crippen LogP contribution in [0.25, 0.3) is 0 Å². The zero-order valence-electron chi connectivity index (χ0n) is 10.9. The van der Waals surface area contributed by atoms with E-state index in [0.29, 0.717) is 11.3 Å². The quantitative estimate of drug-likeness (QED) is 0.728. The maximum absolute atomic E-state index is 11.7. The van der Waals surface area contributed by atoms with Crippen molar-refractivity contribution in [1.82, 2.24) is 5.32 Å². The van der Waals surface area contributed by atoms with Crippen molar-refractivity contribution in [2.45, 2.75) is 58.9 Å². The van der Waals surface area contributed by atoms with E-state index >= 15 is 0 Å². The Balaban J connectivity index is 2.28. The second-order valence-electron chi connectivity index (χ2n) is 5.66. The number of hydrogen-bond donors (Lipinski definition) is 2. The summed E-state index contributed by atoms with van der Waals surface area (Å²) in [6.45, 7) is 7.20. The third-order valence-electron chi connectivity index (χ3n) is 3.86. The lowest BCUT2D eigenvalue weighted by molar-refractivity contribution is -0.123. The van der Waals surface area contributed by atoms with Crippen LogP contribution in [0.1, 0.15) is 52.9 Å². The summed E-state index contributed by atoms with van der Waals surface area (Å²) in [4.78, 5) is 11.7. The molecule has 1 fully saturated rings. The van der Waals surface area contributed by atoms with Crippen molar-refractivity contribution in [3.63, 3.8) is 0 Å². The van der Waals surface area contributed by atoms with Gasteiger partial charge < -0.3 is 11.1 Å². The van der Waals surface area contributed by atoms with Crippen LogP contribution in [0.15, 0.2) is 0 Å². The van der Waals surface area contributed by atoms with Gasteiger partial charge in [-0.2, -0.15) is 0 Å². The van der Waals surface area contributed by atoms with Gasteiger partial charge in [-0.25, -0.2) is 0 Å². The highest BCUT2D eigenvalue weighted by Gasteiger charge is 2.35. The first-order valence-corrected chi connectivity index (χ1v) is 6.52. The van der Waals surface area contributed by atoms with Gasteiger partial charge in [0.15, 0.2) is 0 Å². The fourth-order valence-corrected chi connectivity index (χ4v) is 2.35. The number of nitrogens with two attached hydrogens (primary N) is 1. The lowest BCUT2D eigenvalue weighted by Crippen LogP contribution is -2.47. The summed E-state index contributed by atoms with van der Waals surface area (Å²) in [5.41, 5.74) is 6.22.